The Bertz CT molecular complexity index is 133. The van der Waals surface area contributed by atoms with E-state index in [4.69, 9.17) is 5.11 Å². The maximum atomic E-state index is 9.97. The smallest absolute Gasteiger partial charge is 0.308 e. The van der Waals surface area contributed by atoms with E-state index in [1.807, 2.05) is 0 Å². The van der Waals surface area contributed by atoms with E-state index in [-0.39, 0.29) is 6.42 Å². The van der Waals surface area contributed by atoms with Crippen molar-refractivity contribution in [1.29, 1.82) is 0 Å². The van der Waals surface area contributed by atoms with Crippen LogP contribution in [0.1, 0.15) is 6.42 Å². The third kappa shape index (κ3) is 5.23. The van der Waals surface area contributed by atoms with Gasteiger partial charge in [-0.05, 0) is 0 Å². The largest absolute Gasteiger partial charge is 0.481 e. The van der Waals surface area contributed by atoms with E-state index in [0.29, 0.717) is 4.91 Å². The maximum Gasteiger partial charge on any atom is 0.308 e. The molecule has 0 aliphatic heterocycles. The van der Waals surface area contributed by atoms with Crippen LogP contribution in [0, 0.1) is 0 Å². The SMILES string of the molecule is CN/C=C(\S)CC(=O)O. The summed E-state index contributed by atoms with van der Waals surface area (Å²) < 4.78 is 0. The summed E-state index contributed by atoms with van der Waals surface area (Å²) in [7, 11) is 1.69. The summed E-state index contributed by atoms with van der Waals surface area (Å²) in [5.41, 5.74) is 0. The highest BCUT2D eigenvalue weighted by atomic mass is 32.1. The molecule has 0 atom stereocenters. The minimum atomic E-state index is -0.869. The van der Waals surface area contributed by atoms with Crippen molar-refractivity contribution in [2.45, 2.75) is 6.42 Å². The van der Waals surface area contributed by atoms with Gasteiger partial charge in [0.05, 0.1) is 6.42 Å². The highest BCUT2D eigenvalue weighted by Crippen LogP contribution is 2.03. The molecule has 0 aliphatic carbocycles. The molecule has 0 fully saturated rings. The Balaban J connectivity index is 3.62. The van der Waals surface area contributed by atoms with E-state index < -0.39 is 5.97 Å². The summed E-state index contributed by atoms with van der Waals surface area (Å²) in [6.07, 6.45) is 1.52. The Hall–Kier alpha value is -0.640. The van der Waals surface area contributed by atoms with Gasteiger partial charge >= 0.3 is 5.97 Å². The van der Waals surface area contributed by atoms with Crippen molar-refractivity contribution < 1.29 is 9.90 Å². The Labute approximate surface area is 59.2 Å². The van der Waals surface area contributed by atoms with Gasteiger partial charge in [0, 0.05) is 18.2 Å². The van der Waals surface area contributed by atoms with Crippen LogP contribution in [0.5, 0.6) is 0 Å². The van der Waals surface area contributed by atoms with Crippen LogP contribution in [0.25, 0.3) is 0 Å². The van der Waals surface area contributed by atoms with Gasteiger partial charge in [-0.15, -0.1) is 12.6 Å². The quantitative estimate of drug-likeness (QED) is 0.508. The van der Waals surface area contributed by atoms with Gasteiger partial charge < -0.3 is 10.4 Å². The van der Waals surface area contributed by atoms with Gasteiger partial charge in [0.1, 0.15) is 0 Å². The molecule has 0 aromatic rings. The summed E-state index contributed by atoms with van der Waals surface area (Å²) in [6.45, 7) is 0. The number of aliphatic carboxylic acids is 1. The summed E-state index contributed by atoms with van der Waals surface area (Å²) in [4.78, 5) is 10.5. The standard InChI is InChI=1S/C5H9NO2S/c1-6-3-4(9)2-5(7)8/h3,6,9H,2H2,1H3,(H,7,8)/b4-3-. The highest BCUT2D eigenvalue weighted by Gasteiger charge is 1.96. The number of nitrogens with one attached hydrogen (secondary N) is 1. The van der Waals surface area contributed by atoms with Gasteiger partial charge in [-0.2, -0.15) is 0 Å². The van der Waals surface area contributed by atoms with Crippen LogP contribution in [0.3, 0.4) is 0 Å². The monoisotopic (exact) mass is 147 g/mol. The van der Waals surface area contributed by atoms with E-state index in [1.54, 1.807) is 7.05 Å². The fraction of sp³-hybridized carbons (Fsp3) is 0.400. The van der Waals surface area contributed by atoms with Crippen LogP contribution < -0.4 is 5.32 Å². The first-order chi connectivity index (χ1) is 4.16. The van der Waals surface area contributed by atoms with E-state index in [9.17, 15) is 4.79 Å². The Morgan fingerprint density at radius 2 is 2.44 bits per heavy atom. The van der Waals surface area contributed by atoms with Gasteiger partial charge in [0.25, 0.3) is 0 Å². The number of carboxylic acids is 1. The molecule has 0 saturated carbocycles. The second kappa shape index (κ2) is 4.26. The van der Waals surface area contributed by atoms with Gasteiger partial charge in [-0.1, -0.05) is 0 Å². The van der Waals surface area contributed by atoms with Crippen LogP contribution in [0.4, 0.5) is 0 Å². The van der Waals surface area contributed by atoms with Crippen LogP contribution in [-0.2, 0) is 4.79 Å². The molecule has 0 aromatic carbocycles. The molecule has 0 saturated heterocycles. The number of hydrogen-bond acceptors (Lipinski definition) is 3. The Morgan fingerprint density at radius 3 is 2.78 bits per heavy atom. The van der Waals surface area contributed by atoms with Gasteiger partial charge in [0.2, 0.25) is 0 Å². The second-order valence-electron chi connectivity index (χ2n) is 1.49. The van der Waals surface area contributed by atoms with Crippen molar-refractivity contribution in [2.24, 2.45) is 0 Å². The van der Waals surface area contributed by atoms with E-state index in [0.717, 1.165) is 0 Å². The molecule has 3 nitrogen and oxygen atoms in total. The van der Waals surface area contributed by atoms with Crippen molar-refractivity contribution in [3.63, 3.8) is 0 Å². The number of hydrogen-bond donors (Lipinski definition) is 3. The van der Waals surface area contributed by atoms with Crippen LogP contribution in [-0.4, -0.2) is 18.1 Å². The third-order valence-electron chi connectivity index (χ3n) is 0.643. The Morgan fingerprint density at radius 1 is 1.89 bits per heavy atom. The average molecular weight is 147 g/mol. The predicted octanol–water partition coefficient (Wildman–Crippen LogP) is 0.452. The van der Waals surface area contributed by atoms with Gasteiger partial charge in [-0.25, -0.2) is 0 Å². The first-order valence-corrected chi connectivity index (χ1v) is 2.88. The molecule has 0 aliphatic rings. The number of thiol groups is 1. The lowest BCUT2D eigenvalue weighted by atomic mass is 10.4. The highest BCUT2D eigenvalue weighted by molar-refractivity contribution is 7.84. The number of carboxylic acid groups (broad SMARTS) is 1. The molecule has 4 heteroatoms. The van der Waals surface area contributed by atoms with Gasteiger partial charge in [-0.3, -0.25) is 4.79 Å². The lowest BCUT2D eigenvalue weighted by molar-refractivity contribution is -0.136. The van der Waals surface area contributed by atoms with E-state index in [1.165, 1.54) is 6.20 Å². The molecule has 52 valence electrons. The summed E-state index contributed by atoms with van der Waals surface area (Å²) in [6, 6.07) is 0. The third-order valence-corrected chi connectivity index (χ3v) is 0.931. The van der Waals surface area contributed by atoms with Crippen molar-refractivity contribution >= 4 is 18.6 Å². The van der Waals surface area contributed by atoms with Crippen LogP contribution in [0.2, 0.25) is 0 Å². The average Bonchev–Trinajstić information content (AvgIpc) is 1.63. The lowest BCUT2D eigenvalue weighted by Gasteiger charge is -1.92. The molecule has 0 heterocycles. The van der Waals surface area contributed by atoms with Gasteiger partial charge in [0.15, 0.2) is 0 Å². The topological polar surface area (TPSA) is 49.3 Å². The zero-order valence-corrected chi connectivity index (χ0v) is 5.98. The number of rotatable bonds is 3. The maximum absolute atomic E-state index is 9.97. The number of carbonyl (C=O) groups is 1. The Kier molecular flexibility index (Phi) is 3.96. The first-order valence-electron chi connectivity index (χ1n) is 2.44. The van der Waals surface area contributed by atoms with Crippen molar-refractivity contribution in [3.05, 3.63) is 11.1 Å². The molecular formula is C5H9NO2S. The van der Waals surface area contributed by atoms with Crippen molar-refractivity contribution in [2.75, 3.05) is 7.05 Å². The van der Waals surface area contributed by atoms with Crippen molar-refractivity contribution in [3.8, 4) is 0 Å². The lowest BCUT2D eigenvalue weighted by Crippen LogP contribution is -1.98. The molecule has 0 amide bonds. The molecule has 9 heavy (non-hydrogen) atoms. The normalized spacial score (nSPS) is 11.1. The van der Waals surface area contributed by atoms with Crippen LogP contribution in [0.15, 0.2) is 11.1 Å². The second-order valence-corrected chi connectivity index (χ2v) is 2.07. The fourth-order valence-electron chi connectivity index (χ4n) is 0.373. The zero-order valence-electron chi connectivity index (χ0n) is 5.09. The molecule has 0 aromatic heterocycles. The predicted molar refractivity (Wildman–Crippen MR) is 38.4 cm³/mol. The van der Waals surface area contributed by atoms with Crippen molar-refractivity contribution in [1.82, 2.24) is 5.32 Å². The first kappa shape index (κ1) is 8.36. The summed E-state index contributed by atoms with van der Waals surface area (Å²) in [5.74, 6) is -0.869. The van der Waals surface area contributed by atoms with Crippen LogP contribution >= 0.6 is 12.6 Å². The molecule has 0 spiro atoms. The summed E-state index contributed by atoms with van der Waals surface area (Å²) >= 11 is 3.87. The fourth-order valence-corrected chi connectivity index (χ4v) is 0.637. The molecule has 0 unspecified atom stereocenters. The molecule has 2 N–H and O–H groups in total. The van der Waals surface area contributed by atoms with E-state index >= 15 is 0 Å². The molecule has 0 bridgehead atoms. The zero-order chi connectivity index (χ0) is 7.28. The van der Waals surface area contributed by atoms with E-state index in [2.05, 4.69) is 17.9 Å². The minimum Gasteiger partial charge on any atom is -0.481 e. The summed E-state index contributed by atoms with van der Waals surface area (Å²) in [5, 5.41) is 10.9. The molecule has 0 rings (SSSR count). The minimum absolute atomic E-state index is 0.0239. The molecule has 0 radical (unpaired) electrons. The molecular weight excluding hydrogens is 138 g/mol.